The van der Waals surface area contributed by atoms with Crippen LogP contribution >= 0.6 is 11.6 Å². The molecule has 1 amide bonds. The maximum atomic E-state index is 12.7. The van der Waals surface area contributed by atoms with E-state index in [0.717, 1.165) is 112 Å². The fourth-order valence-corrected chi connectivity index (χ4v) is 9.67. The molecule has 6 rings (SSSR count). The highest BCUT2D eigenvalue weighted by Crippen LogP contribution is 2.42. The second-order valence-corrected chi connectivity index (χ2v) is 17.1. The molecule has 4 fully saturated rings. The zero-order valence-corrected chi connectivity index (χ0v) is 29.7. The minimum atomic E-state index is -3.30. The Labute approximate surface area is 282 Å². The number of hydrazone groups is 1. The first-order chi connectivity index (χ1) is 22.1. The van der Waals surface area contributed by atoms with Crippen molar-refractivity contribution in [2.45, 2.75) is 95.6 Å². The molecule has 46 heavy (non-hydrogen) atoms. The van der Waals surface area contributed by atoms with E-state index in [2.05, 4.69) is 38.8 Å². The number of piperidine rings is 2. The fourth-order valence-electron chi connectivity index (χ4n) is 8.62. The van der Waals surface area contributed by atoms with Gasteiger partial charge in [0.25, 0.3) is 0 Å². The van der Waals surface area contributed by atoms with Gasteiger partial charge in [0, 0.05) is 62.7 Å². The van der Waals surface area contributed by atoms with Crippen molar-refractivity contribution in [1.29, 1.82) is 0 Å². The van der Waals surface area contributed by atoms with E-state index in [4.69, 9.17) is 16.7 Å². The Balaban J connectivity index is 1.12. The number of likely N-dealkylation sites (tertiary alicyclic amines) is 3. The van der Waals surface area contributed by atoms with Crippen LogP contribution in [-0.2, 0) is 21.2 Å². The molecule has 0 aromatic heterocycles. The van der Waals surface area contributed by atoms with Crippen molar-refractivity contribution in [3.63, 3.8) is 0 Å². The van der Waals surface area contributed by atoms with E-state index in [9.17, 15) is 13.2 Å². The number of amides is 1. The molecule has 0 bridgehead atoms. The number of carbonyl (C=O) groups is 1. The molecule has 4 saturated heterocycles. The van der Waals surface area contributed by atoms with Gasteiger partial charge in [-0.05, 0) is 114 Å². The Morgan fingerprint density at radius 2 is 1.63 bits per heavy atom. The molecular weight excluding hydrogens is 620 g/mol. The van der Waals surface area contributed by atoms with Crippen molar-refractivity contribution in [1.82, 2.24) is 24.0 Å². The van der Waals surface area contributed by atoms with Crippen molar-refractivity contribution in [2.24, 2.45) is 11.0 Å². The first-order valence-corrected chi connectivity index (χ1v) is 20.2. The van der Waals surface area contributed by atoms with E-state index >= 15 is 0 Å². The highest BCUT2D eigenvalue weighted by molar-refractivity contribution is 7.88. The van der Waals surface area contributed by atoms with Gasteiger partial charge >= 0.3 is 0 Å². The van der Waals surface area contributed by atoms with E-state index < -0.39 is 10.0 Å². The third-order valence-corrected chi connectivity index (χ3v) is 13.2. The maximum absolute atomic E-state index is 12.7. The Morgan fingerprint density at radius 3 is 2.33 bits per heavy atom. The van der Waals surface area contributed by atoms with Crippen LogP contribution in [0.3, 0.4) is 0 Å². The predicted molar refractivity (Wildman–Crippen MR) is 186 cm³/mol. The van der Waals surface area contributed by atoms with Gasteiger partial charge in [-0.15, -0.1) is 0 Å². The minimum Gasteiger partial charge on any atom is -0.340 e. The minimum absolute atomic E-state index is 0.00385. The summed E-state index contributed by atoms with van der Waals surface area (Å²) in [4.78, 5) is 19.5. The summed E-state index contributed by atoms with van der Waals surface area (Å²) in [6.45, 7) is 11.6. The number of rotatable bonds is 11. The molecule has 0 N–H and O–H groups in total. The van der Waals surface area contributed by atoms with E-state index in [1.54, 1.807) is 4.31 Å². The van der Waals surface area contributed by atoms with Gasteiger partial charge in [-0.2, -0.15) is 5.10 Å². The van der Waals surface area contributed by atoms with Gasteiger partial charge < -0.3 is 14.7 Å². The summed E-state index contributed by atoms with van der Waals surface area (Å²) >= 11 is 6.75. The monoisotopic (exact) mass is 674 g/mol. The molecule has 0 spiro atoms. The highest BCUT2D eigenvalue weighted by Gasteiger charge is 2.51. The number of aryl methyl sites for hydroxylation is 1. The Bertz CT molecular complexity index is 1360. The quantitative estimate of drug-likeness (QED) is 0.339. The number of halogens is 1. The summed E-state index contributed by atoms with van der Waals surface area (Å²) in [6.07, 6.45) is 14.3. The number of carbonyl (C=O) groups excluding carboxylic acids is 1. The number of hydrogen-bond donors (Lipinski definition) is 0. The summed E-state index contributed by atoms with van der Waals surface area (Å²) in [5.41, 5.74) is 3.00. The lowest BCUT2D eigenvalue weighted by molar-refractivity contribution is -0.130. The number of hydrogen-bond acceptors (Lipinski definition) is 7. The lowest BCUT2D eigenvalue weighted by Gasteiger charge is -2.45. The van der Waals surface area contributed by atoms with E-state index in [1.165, 1.54) is 45.0 Å². The topological polar surface area (TPSA) is 79.8 Å². The molecular formula is C35H55ClN6O3S. The van der Waals surface area contributed by atoms with Crippen LogP contribution in [0.15, 0.2) is 23.3 Å². The number of nitrogens with zero attached hydrogens (tertiary/aromatic N) is 6. The average Bonchev–Trinajstić information content (AvgIpc) is 3.46. The Hall–Kier alpha value is -1.72. The van der Waals surface area contributed by atoms with Crippen molar-refractivity contribution < 1.29 is 13.2 Å². The average molecular weight is 675 g/mol. The largest absolute Gasteiger partial charge is 0.340 e. The number of sulfonamides is 1. The van der Waals surface area contributed by atoms with Crippen LogP contribution in [0.4, 0.5) is 0 Å². The summed E-state index contributed by atoms with van der Waals surface area (Å²) in [6, 6.07) is 6.73. The summed E-state index contributed by atoms with van der Waals surface area (Å²) in [5.74, 6) is 0.336. The van der Waals surface area contributed by atoms with Crippen LogP contribution in [0.25, 0.3) is 0 Å². The van der Waals surface area contributed by atoms with E-state index in [-0.39, 0.29) is 11.5 Å². The zero-order valence-electron chi connectivity index (χ0n) is 28.1. The first kappa shape index (κ1) is 34.2. The number of fused-ring (bicyclic) bond motifs is 1. The lowest BCUT2D eigenvalue weighted by Crippen LogP contribution is -2.57. The highest BCUT2D eigenvalue weighted by atomic mass is 35.5. The summed E-state index contributed by atoms with van der Waals surface area (Å²) < 4.78 is 27.0. The van der Waals surface area contributed by atoms with Gasteiger partial charge in [-0.25, -0.2) is 12.7 Å². The molecule has 5 aliphatic heterocycles. The standard InChI is InChI=1S/C35H55ClN6O3S/c1-35-16-25-40(46(2,44)45)27-31(35)34(29-12-13-32(36)28(26-29)10-7-19-38-17-5-3-4-6-18-38)37-42(35)22-9-20-39-23-14-30(15-24-39)41-21-8-11-33(41)43/h12-13,26,30-31H,3-11,14-25,27H2,1-2H3. The van der Waals surface area contributed by atoms with Crippen molar-refractivity contribution in [3.8, 4) is 0 Å². The Morgan fingerprint density at radius 1 is 0.913 bits per heavy atom. The Kier molecular flexibility index (Phi) is 11.0. The molecule has 0 aliphatic carbocycles. The van der Waals surface area contributed by atoms with Crippen LogP contribution in [0.5, 0.6) is 0 Å². The lowest BCUT2D eigenvalue weighted by atomic mass is 9.76. The third kappa shape index (κ3) is 7.77. The molecule has 11 heteroatoms. The molecule has 256 valence electrons. The molecule has 2 atom stereocenters. The molecule has 1 aromatic rings. The van der Waals surface area contributed by atoms with Gasteiger partial charge in [-0.3, -0.25) is 9.80 Å². The third-order valence-electron chi connectivity index (χ3n) is 11.5. The van der Waals surface area contributed by atoms with Crippen molar-refractivity contribution >= 4 is 33.2 Å². The molecule has 0 saturated carbocycles. The normalized spacial score (nSPS) is 27.7. The van der Waals surface area contributed by atoms with Crippen LogP contribution in [-0.4, -0.2) is 127 Å². The molecule has 5 heterocycles. The fraction of sp³-hybridized carbons (Fsp3) is 0.771. The molecule has 2 unspecified atom stereocenters. The van der Waals surface area contributed by atoms with Gasteiger partial charge in [0.15, 0.2) is 0 Å². The SMILES string of the molecule is CC12CCN(S(C)(=O)=O)CC1C(c1ccc(Cl)c(CCCN3CCCCCC3)c1)=NN2CCCN1CCC(N2CCCC2=O)CC1. The summed E-state index contributed by atoms with van der Waals surface area (Å²) in [7, 11) is -3.30. The second kappa shape index (κ2) is 14.8. The molecule has 0 radical (unpaired) electrons. The second-order valence-electron chi connectivity index (χ2n) is 14.7. The molecule has 1 aromatic carbocycles. The predicted octanol–water partition coefficient (Wildman–Crippen LogP) is 4.69. The van der Waals surface area contributed by atoms with Crippen LogP contribution < -0.4 is 0 Å². The van der Waals surface area contributed by atoms with Crippen LogP contribution in [0.1, 0.15) is 88.7 Å². The maximum Gasteiger partial charge on any atom is 0.222 e. The first-order valence-electron chi connectivity index (χ1n) is 18.0. The molecule has 5 aliphatic rings. The van der Waals surface area contributed by atoms with Gasteiger partial charge in [0.2, 0.25) is 15.9 Å². The van der Waals surface area contributed by atoms with Crippen LogP contribution in [0.2, 0.25) is 5.02 Å². The van der Waals surface area contributed by atoms with E-state index in [0.29, 0.717) is 25.0 Å². The van der Waals surface area contributed by atoms with Crippen molar-refractivity contribution in [3.05, 3.63) is 34.3 Å². The van der Waals surface area contributed by atoms with Crippen LogP contribution in [0, 0.1) is 5.92 Å². The van der Waals surface area contributed by atoms with Gasteiger partial charge in [-0.1, -0.05) is 30.5 Å². The van der Waals surface area contributed by atoms with Gasteiger partial charge in [0.05, 0.1) is 17.5 Å². The smallest absolute Gasteiger partial charge is 0.222 e. The van der Waals surface area contributed by atoms with E-state index in [1.807, 2.05) is 6.07 Å². The molecule has 9 nitrogen and oxygen atoms in total. The van der Waals surface area contributed by atoms with Gasteiger partial charge in [0.1, 0.15) is 0 Å². The zero-order chi connectivity index (χ0) is 32.3. The number of benzene rings is 1. The van der Waals surface area contributed by atoms with Crippen molar-refractivity contribution in [2.75, 3.05) is 71.7 Å². The summed E-state index contributed by atoms with van der Waals surface area (Å²) in [5, 5.41) is 8.39.